The van der Waals surface area contributed by atoms with Crippen LogP contribution in [-0.4, -0.2) is 50.7 Å². The average molecular weight is 495 g/mol. The van der Waals surface area contributed by atoms with E-state index in [1.807, 2.05) is 6.07 Å². The monoisotopic (exact) mass is 494 g/mol. The lowest BCUT2D eigenvalue weighted by atomic mass is 10.1. The molecule has 0 unspecified atom stereocenters. The average Bonchev–Trinajstić information content (AvgIpc) is 3.25. The molecular formula is C22H26N2O7S2. The summed E-state index contributed by atoms with van der Waals surface area (Å²) < 4.78 is 15.2. The first-order valence-electron chi connectivity index (χ1n) is 10.5. The van der Waals surface area contributed by atoms with E-state index in [1.165, 1.54) is 35.3 Å². The highest BCUT2D eigenvalue weighted by molar-refractivity contribution is 7.18. The third-order valence-corrected chi connectivity index (χ3v) is 7.57. The fourth-order valence-corrected chi connectivity index (χ4v) is 5.72. The predicted molar refractivity (Wildman–Crippen MR) is 124 cm³/mol. The van der Waals surface area contributed by atoms with Crippen LogP contribution in [0.15, 0.2) is 6.07 Å². The van der Waals surface area contributed by atoms with Gasteiger partial charge in [0, 0.05) is 12.0 Å². The number of primary amides is 1. The second-order valence-electron chi connectivity index (χ2n) is 7.50. The summed E-state index contributed by atoms with van der Waals surface area (Å²) in [5, 5.41) is 2.63. The summed E-state index contributed by atoms with van der Waals surface area (Å²) in [7, 11) is 1.47. The number of carbonyl (C=O) groups is 4. The van der Waals surface area contributed by atoms with Crippen LogP contribution < -0.4 is 11.1 Å². The van der Waals surface area contributed by atoms with Crippen LogP contribution in [0.1, 0.15) is 65.0 Å². The number of thiophene rings is 2. The zero-order valence-corrected chi connectivity index (χ0v) is 20.1. The van der Waals surface area contributed by atoms with Crippen LogP contribution in [0, 0.1) is 6.92 Å². The quantitative estimate of drug-likeness (QED) is 0.311. The smallest absolute Gasteiger partial charge is 0.348 e. The number of methoxy groups -OCH3 is 1. The number of nitrogens with one attached hydrogen (secondary N) is 1. The van der Waals surface area contributed by atoms with Crippen molar-refractivity contribution >= 4 is 51.4 Å². The first kappa shape index (κ1) is 24.9. The molecule has 0 radical (unpaired) electrons. The number of hydrogen-bond donors (Lipinski definition) is 2. The summed E-state index contributed by atoms with van der Waals surface area (Å²) >= 11 is 2.27. The van der Waals surface area contributed by atoms with Gasteiger partial charge in [0.2, 0.25) is 0 Å². The van der Waals surface area contributed by atoms with Crippen molar-refractivity contribution in [2.45, 2.75) is 39.0 Å². The van der Waals surface area contributed by atoms with Gasteiger partial charge in [0.25, 0.3) is 11.8 Å². The molecule has 9 nitrogen and oxygen atoms in total. The van der Waals surface area contributed by atoms with E-state index in [-0.39, 0.29) is 28.7 Å². The predicted octanol–water partition coefficient (Wildman–Crippen LogP) is 3.08. The van der Waals surface area contributed by atoms with Gasteiger partial charge in [-0.3, -0.25) is 9.59 Å². The lowest BCUT2D eigenvalue weighted by molar-refractivity contribution is -0.119. The van der Waals surface area contributed by atoms with Crippen LogP contribution in [-0.2, 0) is 31.8 Å². The van der Waals surface area contributed by atoms with Gasteiger partial charge in [0.15, 0.2) is 6.61 Å². The first-order valence-corrected chi connectivity index (χ1v) is 12.1. The van der Waals surface area contributed by atoms with E-state index in [2.05, 4.69) is 5.32 Å². The summed E-state index contributed by atoms with van der Waals surface area (Å²) in [4.78, 5) is 50.9. The normalized spacial score (nSPS) is 13.0. The van der Waals surface area contributed by atoms with Gasteiger partial charge in [-0.05, 0) is 49.8 Å². The van der Waals surface area contributed by atoms with Crippen molar-refractivity contribution in [1.29, 1.82) is 0 Å². The van der Waals surface area contributed by atoms with Crippen molar-refractivity contribution in [1.82, 2.24) is 0 Å². The molecule has 11 heteroatoms. The topological polar surface area (TPSA) is 134 Å². The van der Waals surface area contributed by atoms with Crippen LogP contribution in [0.25, 0.3) is 0 Å². The van der Waals surface area contributed by atoms with Gasteiger partial charge in [0.05, 0.1) is 17.0 Å². The maximum Gasteiger partial charge on any atom is 0.348 e. The van der Waals surface area contributed by atoms with Gasteiger partial charge in [-0.2, -0.15) is 0 Å². The zero-order chi connectivity index (χ0) is 24.0. The molecule has 3 N–H and O–H groups in total. The first-order chi connectivity index (χ1) is 15.8. The maximum absolute atomic E-state index is 12.5. The number of anilines is 1. The highest BCUT2D eigenvalue weighted by Gasteiger charge is 2.26. The zero-order valence-electron chi connectivity index (χ0n) is 18.5. The molecule has 0 bridgehead atoms. The molecule has 1 aliphatic rings. The lowest BCUT2D eigenvalue weighted by Gasteiger charge is -2.08. The minimum atomic E-state index is -0.729. The van der Waals surface area contributed by atoms with E-state index in [9.17, 15) is 19.2 Å². The SMILES string of the molecule is COCCOC(=O)c1c(NC(=O)COC(=O)c2cc3c(s2)CCCCC3)sc(C(N)=O)c1C. The van der Waals surface area contributed by atoms with Gasteiger partial charge >= 0.3 is 11.9 Å². The number of hydrogen-bond acceptors (Lipinski definition) is 9. The van der Waals surface area contributed by atoms with Gasteiger partial charge in [-0.1, -0.05) is 6.42 Å². The molecule has 1 aliphatic carbocycles. The minimum absolute atomic E-state index is 0.00626. The molecule has 3 rings (SSSR count). The number of esters is 2. The van der Waals surface area contributed by atoms with Gasteiger partial charge < -0.3 is 25.3 Å². The summed E-state index contributed by atoms with van der Waals surface area (Å²) in [6.45, 7) is 1.20. The van der Waals surface area contributed by atoms with Crippen LogP contribution >= 0.6 is 22.7 Å². The summed E-state index contributed by atoms with van der Waals surface area (Å²) in [5.74, 6) is -2.67. The standard InChI is InChI=1S/C22H26N2O7S2/c1-12-17(22(28)30-9-8-29-2)20(33-18(12)19(23)26)24-16(25)11-31-21(27)15-10-13-6-4-3-5-7-14(13)32-15/h10H,3-9,11H2,1-2H3,(H2,23,26)(H,24,25). The van der Waals surface area contributed by atoms with Crippen molar-refractivity contribution < 1.29 is 33.4 Å². The van der Waals surface area contributed by atoms with Crippen molar-refractivity contribution in [3.8, 4) is 0 Å². The van der Waals surface area contributed by atoms with E-state index in [0.717, 1.165) is 37.0 Å². The number of aryl methyl sites for hydroxylation is 2. The molecule has 2 aromatic rings. The largest absolute Gasteiger partial charge is 0.460 e. The molecule has 2 amide bonds. The van der Waals surface area contributed by atoms with Gasteiger partial charge in [-0.15, -0.1) is 22.7 Å². The Labute approximate surface area is 199 Å². The Morgan fingerprint density at radius 1 is 1.03 bits per heavy atom. The van der Waals surface area contributed by atoms with Gasteiger partial charge in [0.1, 0.15) is 16.5 Å². The Morgan fingerprint density at radius 2 is 1.79 bits per heavy atom. The Hall–Kier alpha value is -2.76. The van der Waals surface area contributed by atoms with E-state index >= 15 is 0 Å². The molecule has 2 aromatic heterocycles. The van der Waals surface area contributed by atoms with Crippen LogP contribution in [0.2, 0.25) is 0 Å². The van der Waals surface area contributed by atoms with Crippen LogP contribution in [0.3, 0.4) is 0 Å². The maximum atomic E-state index is 12.5. The van der Waals surface area contributed by atoms with E-state index in [4.69, 9.17) is 19.9 Å². The molecule has 0 saturated heterocycles. The number of rotatable bonds is 9. The lowest BCUT2D eigenvalue weighted by Crippen LogP contribution is -2.21. The van der Waals surface area contributed by atoms with E-state index < -0.39 is 30.4 Å². The summed E-state index contributed by atoms with van der Waals surface area (Å²) in [5.41, 5.74) is 6.90. The molecule has 0 spiro atoms. The van der Waals surface area contributed by atoms with Crippen molar-refractivity contribution in [3.63, 3.8) is 0 Å². The Kier molecular flexibility index (Phi) is 8.59. The van der Waals surface area contributed by atoms with E-state index in [1.54, 1.807) is 6.92 Å². The molecular weight excluding hydrogens is 468 g/mol. The molecule has 0 aliphatic heterocycles. The Morgan fingerprint density at radius 3 is 2.52 bits per heavy atom. The van der Waals surface area contributed by atoms with Crippen LogP contribution in [0.4, 0.5) is 5.00 Å². The Bertz CT molecular complexity index is 1030. The minimum Gasteiger partial charge on any atom is -0.460 e. The second-order valence-corrected chi connectivity index (χ2v) is 9.65. The molecule has 0 saturated carbocycles. The van der Waals surface area contributed by atoms with Crippen molar-refractivity contribution in [3.05, 3.63) is 37.4 Å². The van der Waals surface area contributed by atoms with Crippen molar-refractivity contribution in [2.75, 3.05) is 32.2 Å². The molecule has 178 valence electrons. The molecule has 0 aromatic carbocycles. The third-order valence-electron chi connectivity index (χ3n) is 5.13. The van der Waals surface area contributed by atoms with Crippen molar-refractivity contribution in [2.24, 2.45) is 5.73 Å². The third kappa shape index (κ3) is 6.18. The fraction of sp³-hybridized carbons (Fsp3) is 0.455. The number of fused-ring (bicyclic) bond motifs is 1. The van der Waals surface area contributed by atoms with Gasteiger partial charge in [-0.25, -0.2) is 9.59 Å². The number of amides is 2. The summed E-state index contributed by atoms with van der Waals surface area (Å²) in [6, 6.07) is 1.85. The number of ether oxygens (including phenoxy) is 3. The highest BCUT2D eigenvalue weighted by atomic mass is 32.1. The molecule has 33 heavy (non-hydrogen) atoms. The fourth-order valence-electron chi connectivity index (χ4n) is 3.51. The van der Waals surface area contributed by atoms with E-state index in [0.29, 0.717) is 10.4 Å². The Balaban J connectivity index is 1.65. The molecule has 0 fully saturated rings. The highest BCUT2D eigenvalue weighted by Crippen LogP contribution is 2.34. The number of carbonyl (C=O) groups excluding carboxylic acids is 4. The second kappa shape index (κ2) is 11.4. The summed E-state index contributed by atoms with van der Waals surface area (Å²) in [6.07, 6.45) is 5.29. The van der Waals surface area contributed by atoms with Crippen LogP contribution in [0.5, 0.6) is 0 Å². The number of nitrogens with two attached hydrogens (primary N) is 1. The molecule has 2 heterocycles. The molecule has 0 atom stereocenters.